The average Bonchev–Trinajstić information content (AvgIpc) is 3.58. The van der Waals surface area contributed by atoms with E-state index in [1.54, 1.807) is 23.1 Å². The summed E-state index contributed by atoms with van der Waals surface area (Å²) in [5.74, 6) is 2.71. The molecule has 26 heavy (non-hydrogen) atoms. The average molecular weight is 384 g/mol. The van der Waals surface area contributed by atoms with Crippen molar-refractivity contribution in [3.63, 3.8) is 0 Å². The number of anilines is 2. The summed E-state index contributed by atoms with van der Waals surface area (Å²) in [4.78, 5) is 4.72. The number of rotatable bonds is 7. The molecular weight excluding hydrogens is 362 g/mol. The Morgan fingerprint density at radius 1 is 1.15 bits per heavy atom. The second-order valence-corrected chi connectivity index (χ2v) is 8.94. The summed E-state index contributed by atoms with van der Waals surface area (Å²) in [6, 6.07) is 9.02. The molecule has 2 aromatic heterocycles. The maximum atomic E-state index is 4.72. The van der Waals surface area contributed by atoms with E-state index >= 15 is 0 Å². The molecule has 1 N–H and O–H groups in total. The third-order valence-corrected chi connectivity index (χ3v) is 6.53. The Bertz CT molecular complexity index is 906. The molecule has 0 radical (unpaired) electrons. The number of nitrogens with zero attached hydrogens (tertiary/aromatic N) is 4. The van der Waals surface area contributed by atoms with Crippen molar-refractivity contribution in [3.8, 4) is 0 Å². The van der Waals surface area contributed by atoms with E-state index in [1.165, 1.54) is 37.1 Å². The van der Waals surface area contributed by atoms with Gasteiger partial charge >= 0.3 is 0 Å². The monoisotopic (exact) mass is 383 g/mol. The van der Waals surface area contributed by atoms with Crippen molar-refractivity contribution < 1.29 is 0 Å². The molecule has 0 saturated heterocycles. The van der Waals surface area contributed by atoms with Crippen LogP contribution in [0.3, 0.4) is 0 Å². The van der Waals surface area contributed by atoms with Gasteiger partial charge in [-0.1, -0.05) is 29.5 Å². The van der Waals surface area contributed by atoms with Crippen LogP contribution in [0, 0.1) is 6.92 Å². The first-order valence-corrected chi connectivity index (χ1v) is 11.0. The highest BCUT2D eigenvalue weighted by molar-refractivity contribution is 7.98. The Labute approximate surface area is 161 Å². The minimum Gasteiger partial charge on any atom is -0.332 e. The summed E-state index contributed by atoms with van der Waals surface area (Å²) < 4.78 is 2.40. The molecular formula is C19H21N5S2. The smallest absolute Gasteiger partial charge is 0.191 e. The third kappa shape index (κ3) is 3.50. The summed E-state index contributed by atoms with van der Waals surface area (Å²) in [6.45, 7) is 2.09. The number of hydrogen-bond acceptors (Lipinski definition) is 6. The van der Waals surface area contributed by atoms with Crippen LogP contribution in [-0.2, 0) is 5.75 Å². The van der Waals surface area contributed by atoms with E-state index in [0.29, 0.717) is 12.0 Å². The molecule has 5 rings (SSSR count). The molecule has 2 heterocycles. The first-order chi connectivity index (χ1) is 12.8. The van der Waals surface area contributed by atoms with Crippen molar-refractivity contribution in [1.82, 2.24) is 19.7 Å². The molecule has 0 aliphatic heterocycles. The standard InChI is InChI=1S/C19H21N5S2/c1-12-2-6-14(7-3-12)20-18-21-15(10-25-18)11-26-19-23-22-17(13-4-5-13)24(19)16-8-9-16/h2-3,6-7,10,13,16H,4-5,8-9,11H2,1H3,(H,20,21). The number of aryl methyl sites for hydroxylation is 1. The van der Waals surface area contributed by atoms with Crippen molar-refractivity contribution in [2.24, 2.45) is 0 Å². The number of benzene rings is 1. The molecule has 5 nitrogen and oxygen atoms in total. The molecule has 0 spiro atoms. The van der Waals surface area contributed by atoms with Crippen LogP contribution in [-0.4, -0.2) is 19.7 Å². The quantitative estimate of drug-likeness (QED) is 0.562. The number of thiazole rings is 1. The first kappa shape index (κ1) is 16.3. The molecule has 0 unspecified atom stereocenters. The van der Waals surface area contributed by atoms with E-state index in [9.17, 15) is 0 Å². The lowest BCUT2D eigenvalue weighted by Crippen LogP contribution is -2.02. The van der Waals surface area contributed by atoms with Gasteiger partial charge in [0.05, 0.1) is 5.69 Å². The van der Waals surface area contributed by atoms with Crippen molar-refractivity contribution in [2.75, 3.05) is 5.32 Å². The van der Waals surface area contributed by atoms with Gasteiger partial charge in [-0.25, -0.2) is 4.98 Å². The van der Waals surface area contributed by atoms with Gasteiger partial charge in [0.15, 0.2) is 10.3 Å². The lowest BCUT2D eigenvalue weighted by molar-refractivity contribution is 0.627. The van der Waals surface area contributed by atoms with Gasteiger partial charge in [0, 0.05) is 28.8 Å². The predicted octanol–water partition coefficient (Wildman–Crippen LogP) is 5.29. The Morgan fingerprint density at radius 3 is 2.69 bits per heavy atom. The van der Waals surface area contributed by atoms with Crippen molar-refractivity contribution in [2.45, 2.75) is 55.5 Å². The van der Waals surface area contributed by atoms with Crippen LogP contribution in [0.2, 0.25) is 0 Å². The maximum Gasteiger partial charge on any atom is 0.191 e. The Morgan fingerprint density at radius 2 is 1.96 bits per heavy atom. The van der Waals surface area contributed by atoms with Gasteiger partial charge in [0.25, 0.3) is 0 Å². The van der Waals surface area contributed by atoms with E-state index < -0.39 is 0 Å². The van der Waals surface area contributed by atoms with Gasteiger partial charge in [-0.15, -0.1) is 21.5 Å². The molecule has 2 saturated carbocycles. The highest BCUT2D eigenvalue weighted by atomic mass is 32.2. The minimum atomic E-state index is 0.636. The molecule has 7 heteroatoms. The van der Waals surface area contributed by atoms with E-state index in [2.05, 4.69) is 56.7 Å². The van der Waals surface area contributed by atoms with E-state index in [1.807, 2.05) is 0 Å². The van der Waals surface area contributed by atoms with E-state index in [-0.39, 0.29) is 0 Å². The maximum absolute atomic E-state index is 4.72. The lowest BCUT2D eigenvalue weighted by Gasteiger charge is -2.07. The predicted molar refractivity (Wildman–Crippen MR) is 106 cm³/mol. The van der Waals surface area contributed by atoms with Gasteiger partial charge in [0.1, 0.15) is 5.82 Å². The third-order valence-electron chi connectivity index (χ3n) is 4.75. The largest absolute Gasteiger partial charge is 0.332 e. The van der Waals surface area contributed by atoms with Crippen LogP contribution in [0.1, 0.15) is 54.7 Å². The van der Waals surface area contributed by atoms with E-state index in [0.717, 1.165) is 27.4 Å². The van der Waals surface area contributed by atoms with Gasteiger partial charge in [-0.2, -0.15) is 0 Å². The zero-order valence-electron chi connectivity index (χ0n) is 14.7. The van der Waals surface area contributed by atoms with Gasteiger partial charge in [0.2, 0.25) is 0 Å². The number of thioether (sulfide) groups is 1. The minimum absolute atomic E-state index is 0.636. The number of hydrogen-bond donors (Lipinski definition) is 1. The Kier molecular flexibility index (Phi) is 4.21. The second kappa shape index (κ2) is 6.70. The molecule has 3 aromatic rings. The van der Waals surface area contributed by atoms with Crippen molar-refractivity contribution >= 4 is 33.9 Å². The summed E-state index contributed by atoms with van der Waals surface area (Å²) >= 11 is 3.41. The zero-order chi connectivity index (χ0) is 17.5. The van der Waals surface area contributed by atoms with Crippen LogP contribution in [0.5, 0.6) is 0 Å². The Balaban J connectivity index is 1.25. The van der Waals surface area contributed by atoms with Crippen LogP contribution in [0.4, 0.5) is 10.8 Å². The summed E-state index contributed by atoms with van der Waals surface area (Å²) in [7, 11) is 0. The van der Waals surface area contributed by atoms with Crippen molar-refractivity contribution in [3.05, 3.63) is 46.7 Å². The zero-order valence-corrected chi connectivity index (χ0v) is 16.3. The second-order valence-electron chi connectivity index (χ2n) is 7.14. The van der Waals surface area contributed by atoms with Gasteiger partial charge < -0.3 is 9.88 Å². The van der Waals surface area contributed by atoms with E-state index in [4.69, 9.17) is 4.98 Å². The highest BCUT2D eigenvalue weighted by Gasteiger charge is 2.36. The molecule has 2 fully saturated rings. The van der Waals surface area contributed by atoms with Crippen LogP contribution in [0.25, 0.3) is 0 Å². The highest BCUT2D eigenvalue weighted by Crippen LogP contribution is 2.46. The molecule has 134 valence electrons. The van der Waals surface area contributed by atoms with Crippen LogP contribution < -0.4 is 5.32 Å². The lowest BCUT2D eigenvalue weighted by atomic mass is 10.2. The molecule has 2 aliphatic carbocycles. The SMILES string of the molecule is Cc1ccc(Nc2nc(CSc3nnc(C4CC4)n3C3CC3)cs2)cc1. The molecule has 1 aromatic carbocycles. The molecule has 2 aliphatic rings. The van der Waals surface area contributed by atoms with Gasteiger partial charge in [-0.3, -0.25) is 0 Å². The van der Waals surface area contributed by atoms with Crippen LogP contribution >= 0.6 is 23.1 Å². The number of aromatic nitrogens is 4. The van der Waals surface area contributed by atoms with Gasteiger partial charge in [-0.05, 0) is 44.7 Å². The molecule has 0 atom stereocenters. The summed E-state index contributed by atoms with van der Waals surface area (Å²) in [6.07, 6.45) is 5.09. The van der Waals surface area contributed by atoms with Crippen molar-refractivity contribution in [1.29, 1.82) is 0 Å². The molecule has 0 bridgehead atoms. The fourth-order valence-corrected chi connectivity index (χ4v) is 4.75. The topological polar surface area (TPSA) is 55.6 Å². The van der Waals surface area contributed by atoms with Crippen LogP contribution in [0.15, 0.2) is 34.8 Å². The summed E-state index contributed by atoms with van der Waals surface area (Å²) in [5, 5.41) is 16.5. The Hall–Kier alpha value is -1.86. The molecule has 0 amide bonds. The normalized spacial score (nSPS) is 16.8. The fraction of sp³-hybridized carbons (Fsp3) is 0.421. The number of nitrogens with one attached hydrogen (secondary N) is 1. The first-order valence-electron chi connectivity index (χ1n) is 9.12. The fourth-order valence-electron chi connectivity index (χ4n) is 3.01. The summed E-state index contributed by atoms with van der Waals surface area (Å²) in [5.41, 5.74) is 3.43.